The van der Waals surface area contributed by atoms with Crippen LogP contribution in [0.2, 0.25) is 0 Å². The molecule has 4 heterocycles. The van der Waals surface area contributed by atoms with Gasteiger partial charge in [0, 0.05) is 59.1 Å². The van der Waals surface area contributed by atoms with Crippen LogP contribution in [0.15, 0.2) is 42.9 Å². The minimum atomic E-state index is -2.38. The van der Waals surface area contributed by atoms with Gasteiger partial charge in [0.1, 0.15) is 48.1 Å². The zero-order valence-corrected chi connectivity index (χ0v) is 34.9. The van der Waals surface area contributed by atoms with Gasteiger partial charge in [0.25, 0.3) is 0 Å². The Kier molecular flexibility index (Phi) is 12.6. The minimum Gasteiger partial charge on any atom is -0.465 e. The quantitative estimate of drug-likeness (QED) is 0.273. The number of aromatic nitrogens is 2. The number of cyclic esters (lactones) is 1. The highest BCUT2D eigenvalue weighted by Crippen LogP contribution is 2.69. The highest BCUT2D eigenvalue weighted by molar-refractivity contribution is 5.91. The summed E-state index contributed by atoms with van der Waals surface area (Å²) in [6.07, 6.45) is -6.36. The van der Waals surface area contributed by atoms with E-state index in [2.05, 4.69) is 9.97 Å². The van der Waals surface area contributed by atoms with Crippen molar-refractivity contribution in [3.8, 4) is 0 Å². The van der Waals surface area contributed by atoms with Gasteiger partial charge in [0.05, 0.1) is 28.7 Å². The van der Waals surface area contributed by atoms with Crippen LogP contribution in [0.1, 0.15) is 88.2 Å². The highest BCUT2D eigenvalue weighted by Gasteiger charge is 2.88. The standard InChI is InChI=1S/C42H48N2O17/c1-20-13-14-29-28(12-10-16-44-29)39(52)54-18-40(8)30-32(60-38(51)27-11-9-15-43-17-27)35(57-25(6)48)41(19-53-22(3)45)36(58-26(7)49)33(55-23(4)46)31(59-37(20)50)21(2)42(41,61-40)34(30)56-24(5)47/h9-12,15-17,20-21,30-36H,13-14,18-19H2,1-8H3/t20?,21-,30-,31-,32-,33+,34-,35-,36+,40-,41-,42-/m1/s1. The normalized spacial score (nSPS) is 34.1. The van der Waals surface area contributed by atoms with Crippen LogP contribution in [-0.4, -0.2) is 119 Å². The van der Waals surface area contributed by atoms with Gasteiger partial charge in [0.15, 0.2) is 18.3 Å². The Morgan fingerprint density at radius 2 is 1.41 bits per heavy atom. The second-order valence-corrected chi connectivity index (χ2v) is 16.0. The first-order chi connectivity index (χ1) is 28.8. The zero-order valence-electron chi connectivity index (χ0n) is 34.9. The van der Waals surface area contributed by atoms with E-state index in [0.717, 1.165) is 34.6 Å². The van der Waals surface area contributed by atoms with Gasteiger partial charge in [-0.3, -0.25) is 38.7 Å². The van der Waals surface area contributed by atoms with Crippen LogP contribution in [0.4, 0.5) is 0 Å². The molecule has 19 nitrogen and oxygen atoms in total. The number of fused-ring (bicyclic) bond motifs is 5. The number of hydrogen-bond acceptors (Lipinski definition) is 19. The molecule has 1 spiro atoms. The number of carbonyl (C=O) groups is 8. The van der Waals surface area contributed by atoms with Crippen LogP contribution in [0, 0.1) is 23.2 Å². The zero-order chi connectivity index (χ0) is 44.6. The molecule has 2 saturated carbocycles. The molecule has 3 fully saturated rings. The number of aryl methyl sites for hydroxylation is 1. The number of nitrogens with zero attached hydrogens (tertiary/aromatic N) is 2. The van der Waals surface area contributed by atoms with E-state index in [-0.39, 0.29) is 24.0 Å². The van der Waals surface area contributed by atoms with Crippen molar-refractivity contribution in [3.05, 3.63) is 59.7 Å². The average Bonchev–Trinajstić information content (AvgIpc) is 3.41. The molecule has 2 aromatic heterocycles. The van der Waals surface area contributed by atoms with E-state index in [0.29, 0.717) is 5.69 Å². The van der Waals surface area contributed by atoms with Crippen molar-refractivity contribution in [2.75, 3.05) is 13.2 Å². The predicted octanol–water partition coefficient (Wildman–Crippen LogP) is 2.44. The second-order valence-electron chi connectivity index (χ2n) is 16.0. The maximum Gasteiger partial charge on any atom is 0.340 e. The Bertz CT molecular complexity index is 2100. The van der Waals surface area contributed by atoms with Crippen molar-refractivity contribution >= 4 is 47.8 Å². The lowest BCUT2D eigenvalue weighted by Gasteiger charge is -2.65. The van der Waals surface area contributed by atoms with Crippen LogP contribution in [-0.2, 0) is 77.8 Å². The molecule has 328 valence electrons. The van der Waals surface area contributed by atoms with Gasteiger partial charge >= 0.3 is 47.8 Å². The van der Waals surface area contributed by atoms with E-state index in [1.54, 1.807) is 6.92 Å². The Morgan fingerprint density at radius 3 is 2.02 bits per heavy atom. The summed E-state index contributed by atoms with van der Waals surface area (Å²) < 4.78 is 56.0. The van der Waals surface area contributed by atoms with Crippen molar-refractivity contribution in [2.24, 2.45) is 23.2 Å². The fourth-order valence-corrected chi connectivity index (χ4v) is 9.63. The van der Waals surface area contributed by atoms with Crippen molar-refractivity contribution in [2.45, 2.75) is 116 Å². The molecule has 0 radical (unpaired) electrons. The average molecular weight is 853 g/mol. The van der Waals surface area contributed by atoms with Crippen LogP contribution in [0.25, 0.3) is 0 Å². The predicted molar refractivity (Wildman–Crippen MR) is 201 cm³/mol. The van der Waals surface area contributed by atoms with E-state index in [4.69, 9.17) is 42.6 Å². The molecule has 2 aliphatic carbocycles. The summed E-state index contributed by atoms with van der Waals surface area (Å²) in [6, 6.07) is 5.87. The van der Waals surface area contributed by atoms with Gasteiger partial charge in [-0.15, -0.1) is 0 Å². The molecule has 0 aromatic carbocycles. The fourth-order valence-electron chi connectivity index (χ4n) is 9.63. The van der Waals surface area contributed by atoms with Crippen LogP contribution in [0.5, 0.6) is 0 Å². The molecule has 1 unspecified atom stereocenters. The Hall–Kier alpha value is -5.98. The molecule has 0 amide bonds. The van der Waals surface area contributed by atoms with Crippen molar-refractivity contribution in [1.29, 1.82) is 0 Å². The smallest absolute Gasteiger partial charge is 0.340 e. The van der Waals surface area contributed by atoms with E-state index in [1.165, 1.54) is 56.7 Å². The lowest BCUT2D eigenvalue weighted by atomic mass is 9.46. The minimum absolute atomic E-state index is 0.0655. The number of ether oxygens (including phenoxy) is 9. The number of esters is 8. The Morgan fingerprint density at radius 1 is 0.787 bits per heavy atom. The monoisotopic (exact) mass is 852 g/mol. The molecule has 61 heavy (non-hydrogen) atoms. The van der Waals surface area contributed by atoms with Gasteiger partial charge in [0.2, 0.25) is 0 Å². The van der Waals surface area contributed by atoms with E-state index >= 15 is 0 Å². The summed E-state index contributed by atoms with van der Waals surface area (Å²) in [5.41, 5.74) is -6.28. The lowest BCUT2D eigenvalue weighted by Crippen LogP contribution is -2.84. The number of carbonyl (C=O) groups excluding carboxylic acids is 8. The summed E-state index contributed by atoms with van der Waals surface area (Å²) in [7, 11) is 0. The third-order valence-electron chi connectivity index (χ3n) is 11.9. The van der Waals surface area contributed by atoms with Gasteiger partial charge in [-0.2, -0.15) is 0 Å². The van der Waals surface area contributed by atoms with Gasteiger partial charge < -0.3 is 42.6 Å². The van der Waals surface area contributed by atoms with Crippen LogP contribution in [0.3, 0.4) is 0 Å². The summed E-state index contributed by atoms with van der Waals surface area (Å²) in [6.45, 7) is 8.28. The Balaban J connectivity index is 1.75. The van der Waals surface area contributed by atoms with E-state index in [1.807, 2.05) is 0 Å². The molecular weight excluding hydrogens is 804 g/mol. The SMILES string of the molecule is CC(=O)OC[C@]12[C@H](OC(C)=O)[C@H](OC(=O)c3cccnc3)[C@@H]3[C@@H](OC(C)=O)[C@@]14O[C@]3(C)COC(=O)c1cccnc1CCC(C)C(=O)O[C@@H]([C@H](OC(C)=O)[C@@H]2OC(C)=O)[C@H]4C. The molecule has 6 rings (SSSR count). The molecule has 12 atom stereocenters. The van der Waals surface area contributed by atoms with Gasteiger partial charge in [-0.1, -0.05) is 13.8 Å². The van der Waals surface area contributed by atoms with Crippen molar-refractivity contribution < 1.29 is 81.0 Å². The van der Waals surface area contributed by atoms with Crippen molar-refractivity contribution in [3.63, 3.8) is 0 Å². The lowest BCUT2D eigenvalue weighted by molar-refractivity contribution is -0.349. The van der Waals surface area contributed by atoms with Gasteiger partial charge in [-0.05, 0) is 44.0 Å². The molecule has 0 N–H and O–H groups in total. The Labute approximate surface area is 350 Å². The van der Waals surface area contributed by atoms with Crippen LogP contribution < -0.4 is 0 Å². The van der Waals surface area contributed by atoms with Crippen molar-refractivity contribution in [1.82, 2.24) is 9.97 Å². The number of rotatable bonds is 8. The number of pyridine rings is 2. The molecule has 4 bridgehead atoms. The number of hydrogen-bond donors (Lipinski definition) is 0. The van der Waals surface area contributed by atoms with Gasteiger partial charge in [-0.25, -0.2) is 9.59 Å². The second kappa shape index (κ2) is 17.2. The first kappa shape index (κ1) is 44.6. The first-order valence-electron chi connectivity index (χ1n) is 19.7. The molecule has 4 aliphatic rings. The first-order valence-corrected chi connectivity index (χ1v) is 19.7. The topological polar surface area (TPSA) is 245 Å². The summed E-state index contributed by atoms with van der Waals surface area (Å²) >= 11 is 0. The highest BCUT2D eigenvalue weighted by atomic mass is 16.7. The third-order valence-corrected chi connectivity index (χ3v) is 11.9. The molecule has 19 heteroatoms. The summed E-state index contributed by atoms with van der Waals surface area (Å²) in [5, 5.41) is 0. The largest absolute Gasteiger partial charge is 0.465 e. The molecular formula is C42H48N2O17. The van der Waals surface area contributed by atoms with E-state index < -0.39 is 132 Å². The fraction of sp³-hybridized carbons (Fsp3) is 0.571. The third kappa shape index (κ3) is 8.02. The van der Waals surface area contributed by atoms with E-state index in [9.17, 15) is 38.4 Å². The molecule has 2 aliphatic heterocycles. The maximum absolute atomic E-state index is 14.2. The molecule has 1 saturated heterocycles. The molecule has 2 aromatic rings. The van der Waals surface area contributed by atoms with Crippen LogP contribution >= 0.6 is 0 Å². The summed E-state index contributed by atoms with van der Waals surface area (Å²) in [4.78, 5) is 117. The maximum atomic E-state index is 14.2. The summed E-state index contributed by atoms with van der Waals surface area (Å²) in [5.74, 6) is -11.1.